The molecule has 4 rings (SSSR count). The number of amides is 3. The molecule has 2 aromatic rings. The maximum Gasteiger partial charge on any atom is 0.289 e. The molecule has 0 unspecified atom stereocenters. The summed E-state index contributed by atoms with van der Waals surface area (Å²) >= 11 is 0. The molecule has 0 radical (unpaired) electrons. The minimum absolute atomic E-state index is 0.135. The molecule has 8 heteroatoms. The van der Waals surface area contributed by atoms with Crippen molar-refractivity contribution in [2.45, 2.75) is 19.4 Å². The van der Waals surface area contributed by atoms with Gasteiger partial charge in [-0.25, -0.2) is 0 Å². The Labute approximate surface area is 169 Å². The Morgan fingerprint density at radius 3 is 2.48 bits per heavy atom. The first-order valence-electron chi connectivity index (χ1n) is 9.66. The third kappa shape index (κ3) is 3.51. The molecule has 0 bridgehead atoms. The Morgan fingerprint density at radius 2 is 1.79 bits per heavy atom. The summed E-state index contributed by atoms with van der Waals surface area (Å²) in [5, 5.41) is 2.87. The largest absolute Gasteiger partial charge is 0.459 e. The van der Waals surface area contributed by atoms with E-state index in [2.05, 4.69) is 5.32 Å². The molecular formula is C21H24N4O4. The van der Waals surface area contributed by atoms with Crippen molar-refractivity contribution in [2.24, 2.45) is 0 Å². The maximum absolute atomic E-state index is 13.2. The molecule has 0 spiro atoms. The molecule has 2 aliphatic heterocycles. The number of benzene rings is 1. The summed E-state index contributed by atoms with van der Waals surface area (Å²) in [5.74, 6) is -0.155. The summed E-state index contributed by atoms with van der Waals surface area (Å²) in [6.07, 6.45) is 1.48. The predicted octanol–water partition coefficient (Wildman–Crippen LogP) is 1.80. The van der Waals surface area contributed by atoms with E-state index >= 15 is 0 Å². The number of furan rings is 1. The van der Waals surface area contributed by atoms with Gasteiger partial charge in [-0.05, 0) is 38.1 Å². The second-order valence-corrected chi connectivity index (χ2v) is 7.81. The summed E-state index contributed by atoms with van der Waals surface area (Å²) in [4.78, 5) is 43.5. The number of fused-ring (bicyclic) bond motifs is 1. The van der Waals surface area contributed by atoms with Crippen LogP contribution in [0.4, 0.5) is 11.4 Å². The van der Waals surface area contributed by atoms with Crippen molar-refractivity contribution in [3.8, 4) is 0 Å². The highest BCUT2D eigenvalue weighted by atomic mass is 16.3. The average molecular weight is 396 g/mol. The van der Waals surface area contributed by atoms with Gasteiger partial charge in [0.25, 0.3) is 5.91 Å². The first kappa shape index (κ1) is 19.2. The van der Waals surface area contributed by atoms with E-state index in [1.807, 2.05) is 23.1 Å². The molecule has 1 aromatic carbocycles. The number of para-hydroxylation sites is 2. The Balaban J connectivity index is 1.43. The fraction of sp³-hybridized carbons (Fsp3) is 0.381. The van der Waals surface area contributed by atoms with Crippen molar-refractivity contribution in [1.82, 2.24) is 9.80 Å². The van der Waals surface area contributed by atoms with Crippen LogP contribution in [0.25, 0.3) is 0 Å². The number of piperazine rings is 1. The lowest BCUT2D eigenvalue weighted by Crippen LogP contribution is -2.61. The summed E-state index contributed by atoms with van der Waals surface area (Å²) in [5.41, 5.74) is 0.357. The summed E-state index contributed by atoms with van der Waals surface area (Å²) in [6, 6.07) is 10.7. The zero-order valence-corrected chi connectivity index (χ0v) is 16.6. The van der Waals surface area contributed by atoms with Gasteiger partial charge in [0.2, 0.25) is 11.8 Å². The molecule has 0 saturated carbocycles. The molecule has 152 valence electrons. The Bertz CT molecular complexity index is 930. The van der Waals surface area contributed by atoms with Crippen LogP contribution in [0.15, 0.2) is 47.1 Å². The number of carbonyl (C=O) groups is 3. The predicted molar refractivity (Wildman–Crippen MR) is 108 cm³/mol. The van der Waals surface area contributed by atoms with Crippen molar-refractivity contribution in [3.63, 3.8) is 0 Å². The third-order valence-electron chi connectivity index (χ3n) is 5.51. The molecule has 8 nitrogen and oxygen atoms in total. The highest BCUT2D eigenvalue weighted by Crippen LogP contribution is 2.36. The van der Waals surface area contributed by atoms with Gasteiger partial charge in [-0.1, -0.05) is 12.1 Å². The number of anilines is 2. The lowest BCUT2D eigenvalue weighted by Gasteiger charge is -2.43. The highest BCUT2D eigenvalue weighted by Gasteiger charge is 2.43. The maximum atomic E-state index is 13.2. The standard InChI is InChI=1S/C21H24N4O4/c1-21(2)20(28)22-15-6-3-4-7-16(15)25(21)18(26)14-23-9-11-24(12-10-23)19(27)17-8-5-13-29-17/h3-8,13H,9-12,14H2,1-2H3,(H,22,28). The zero-order chi connectivity index (χ0) is 20.6. The molecule has 1 aromatic heterocycles. The van der Waals surface area contributed by atoms with Gasteiger partial charge in [0.1, 0.15) is 5.54 Å². The van der Waals surface area contributed by atoms with E-state index in [1.165, 1.54) is 6.26 Å². The monoisotopic (exact) mass is 396 g/mol. The average Bonchev–Trinajstić information content (AvgIpc) is 3.23. The van der Waals surface area contributed by atoms with Crippen molar-refractivity contribution >= 4 is 29.1 Å². The molecule has 1 saturated heterocycles. The molecule has 2 aliphatic rings. The Kier molecular flexibility index (Phi) is 4.87. The van der Waals surface area contributed by atoms with E-state index in [0.29, 0.717) is 43.3 Å². The lowest BCUT2D eigenvalue weighted by molar-refractivity contribution is -0.127. The third-order valence-corrected chi connectivity index (χ3v) is 5.51. The minimum Gasteiger partial charge on any atom is -0.459 e. The van der Waals surface area contributed by atoms with Crippen molar-refractivity contribution in [3.05, 3.63) is 48.4 Å². The second-order valence-electron chi connectivity index (χ2n) is 7.81. The van der Waals surface area contributed by atoms with E-state index in [4.69, 9.17) is 4.42 Å². The van der Waals surface area contributed by atoms with Crippen molar-refractivity contribution in [1.29, 1.82) is 0 Å². The molecule has 3 heterocycles. The van der Waals surface area contributed by atoms with Crippen LogP contribution in [-0.2, 0) is 9.59 Å². The minimum atomic E-state index is -0.984. The van der Waals surface area contributed by atoms with E-state index in [1.54, 1.807) is 41.8 Å². The molecule has 0 atom stereocenters. The molecule has 1 N–H and O–H groups in total. The lowest BCUT2D eigenvalue weighted by atomic mass is 9.96. The smallest absolute Gasteiger partial charge is 0.289 e. The van der Waals surface area contributed by atoms with Gasteiger partial charge >= 0.3 is 0 Å². The van der Waals surface area contributed by atoms with Crippen LogP contribution in [0.5, 0.6) is 0 Å². The van der Waals surface area contributed by atoms with Crippen molar-refractivity contribution in [2.75, 3.05) is 42.9 Å². The van der Waals surface area contributed by atoms with Crippen LogP contribution in [0, 0.1) is 0 Å². The number of nitrogens with zero attached hydrogens (tertiary/aromatic N) is 3. The number of hydrogen-bond acceptors (Lipinski definition) is 5. The van der Waals surface area contributed by atoms with Gasteiger partial charge in [-0.2, -0.15) is 0 Å². The van der Waals surface area contributed by atoms with Crippen LogP contribution in [-0.4, -0.2) is 65.8 Å². The van der Waals surface area contributed by atoms with E-state index < -0.39 is 5.54 Å². The number of hydrogen-bond donors (Lipinski definition) is 1. The number of nitrogens with one attached hydrogen (secondary N) is 1. The Hall–Kier alpha value is -3.13. The van der Waals surface area contributed by atoms with Gasteiger partial charge < -0.3 is 14.6 Å². The quantitative estimate of drug-likeness (QED) is 0.855. The van der Waals surface area contributed by atoms with E-state index in [0.717, 1.165) is 0 Å². The normalized spacial score (nSPS) is 18.9. The van der Waals surface area contributed by atoms with Crippen molar-refractivity contribution < 1.29 is 18.8 Å². The summed E-state index contributed by atoms with van der Waals surface area (Å²) in [7, 11) is 0. The van der Waals surface area contributed by atoms with Gasteiger partial charge in [0, 0.05) is 26.2 Å². The van der Waals surface area contributed by atoms with E-state index in [-0.39, 0.29) is 24.3 Å². The van der Waals surface area contributed by atoms with Gasteiger partial charge in [0.05, 0.1) is 24.2 Å². The fourth-order valence-electron chi connectivity index (χ4n) is 3.83. The van der Waals surface area contributed by atoms with Crippen LogP contribution < -0.4 is 10.2 Å². The van der Waals surface area contributed by atoms with Crippen LogP contribution in [0.3, 0.4) is 0 Å². The van der Waals surface area contributed by atoms with Crippen LogP contribution in [0.2, 0.25) is 0 Å². The highest BCUT2D eigenvalue weighted by molar-refractivity contribution is 6.14. The van der Waals surface area contributed by atoms with Gasteiger partial charge in [-0.3, -0.25) is 24.2 Å². The molecule has 0 aliphatic carbocycles. The second kappa shape index (κ2) is 7.36. The molecule has 1 fully saturated rings. The Morgan fingerprint density at radius 1 is 1.07 bits per heavy atom. The SMILES string of the molecule is CC1(C)C(=O)Nc2ccccc2N1C(=O)CN1CCN(C(=O)c2ccco2)CC1. The molecule has 3 amide bonds. The molecular weight excluding hydrogens is 372 g/mol. The topological polar surface area (TPSA) is 86.1 Å². The van der Waals surface area contributed by atoms with Crippen LogP contribution >= 0.6 is 0 Å². The number of rotatable bonds is 3. The number of carbonyl (C=O) groups excluding carboxylic acids is 3. The zero-order valence-electron chi connectivity index (χ0n) is 16.6. The summed E-state index contributed by atoms with van der Waals surface area (Å²) < 4.78 is 5.18. The summed E-state index contributed by atoms with van der Waals surface area (Å²) in [6.45, 7) is 5.89. The first-order valence-corrected chi connectivity index (χ1v) is 9.66. The van der Waals surface area contributed by atoms with E-state index in [9.17, 15) is 14.4 Å². The van der Waals surface area contributed by atoms with Gasteiger partial charge in [-0.15, -0.1) is 0 Å². The van der Waals surface area contributed by atoms with Crippen LogP contribution in [0.1, 0.15) is 24.4 Å². The fourth-order valence-corrected chi connectivity index (χ4v) is 3.83. The first-order chi connectivity index (χ1) is 13.9. The molecule has 29 heavy (non-hydrogen) atoms. The van der Waals surface area contributed by atoms with Gasteiger partial charge in [0.15, 0.2) is 5.76 Å².